The standard InChI is InChI=1S/C4H4N2O4/c5-6-9-3(7)1-2-4(8)10-6/h1-2H2. The molecule has 1 aliphatic rings. The summed E-state index contributed by atoms with van der Waals surface area (Å²) in [7, 11) is 0. The molecule has 54 valence electrons. The van der Waals surface area contributed by atoms with Crippen LogP contribution in [0.5, 0.6) is 0 Å². The molecule has 1 aliphatic heterocycles. The Morgan fingerprint density at radius 2 is 1.60 bits per heavy atom. The average molecular weight is 144 g/mol. The minimum Gasteiger partial charge on any atom is -0.390 e. The summed E-state index contributed by atoms with van der Waals surface area (Å²) in [6.07, 6.45) is -0.147. The van der Waals surface area contributed by atoms with Crippen molar-refractivity contribution >= 4 is 11.9 Å². The van der Waals surface area contributed by atoms with Crippen molar-refractivity contribution in [3.05, 3.63) is 5.53 Å². The molecule has 10 heavy (non-hydrogen) atoms. The number of carbonyl (C=O) groups is 2. The van der Waals surface area contributed by atoms with E-state index in [1.807, 2.05) is 0 Å². The van der Waals surface area contributed by atoms with E-state index in [1.54, 1.807) is 0 Å². The van der Waals surface area contributed by atoms with Crippen molar-refractivity contribution in [2.45, 2.75) is 12.8 Å². The molecule has 0 amide bonds. The van der Waals surface area contributed by atoms with E-state index in [1.165, 1.54) is 0 Å². The van der Waals surface area contributed by atoms with Gasteiger partial charge in [0.1, 0.15) is 5.02 Å². The number of carbonyl (C=O) groups excluding carboxylic acids is 2. The molecule has 0 saturated carbocycles. The Morgan fingerprint density at radius 1 is 1.20 bits per heavy atom. The minimum atomic E-state index is -0.701. The molecule has 1 saturated heterocycles. The maximum Gasteiger partial charge on any atom is 0.385 e. The molecule has 0 bridgehead atoms. The second kappa shape index (κ2) is 2.42. The highest BCUT2D eigenvalue weighted by molar-refractivity contribution is 5.77. The van der Waals surface area contributed by atoms with Crippen molar-refractivity contribution in [3.8, 4) is 0 Å². The fourth-order valence-corrected chi connectivity index (χ4v) is 0.488. The Balaban J connectivity index is 2.63. The third-order valence-electron chi connectivity index (χ3n) is 0.893. The van der Waals surface area contributed by atoms with Crippen LogP contribution >= 0.6 is 0 Å². The molecule has 6 nitrogen and oxygen atoms in total. The van der Waals surface area contributed by atoms with E-state index in [0.717, 1.165) is 0 Å². The number of hydrogen-bond acceptors (Lipinski definition) is 4. The van der Waals surface area contributed by atoms with Gasteiger partial charge in [0.05, 0.1) is 12.8 Å². The van der Waals surface area contributed by atoms with Gasteiger partial charge in [-0.05, 0) is 0 Å². The Bertz CT molecular complexity index is 179. The summed E-state index contributed by atoms with van der Waals surface area (Å²) in [6, 6.07) is 0. The van der Waals surface area contributed by atoms with Gasteiger partial charge in [0, 0.05) is 0 Å². The Kier molecular flexibility index (Phi) is 1.61. The highest BCUT2D eigenvalue weighted by atomic mass is 17.0. The zero-order valence-electron chi connectivity index (χ0n) is 4.94. The molecule has 1 heterocycles. The Morgan fingerprint density at radius 3 is 2.00 bits per heavy atom. The van der Waals surface area contributed by atoms with Crippen LogP contribution in [0.15, 0.2) is 0 Å². The van der Waals surface area contributed by atoms with Crippen LogP contribution in [-0.2, 0) is 19.3 Å². The molecule has 0 radical (unpaired) electrons. The van der Waals surface area contributed by atoms with Gasteiger partial charge < -0.3 is 5.53 Å². The summed E-state index contributed by atoms with van der Waals surface area (Å²) < 4.78 is 0. The van der Waals surface area contributed by atoms with E-state index in [2.05, 4.69) is 9.68 Å². The summed E-state index contributed by atoms with van der Waals surface area (Å²) in [5.41, 5.74) is 8.38. The van der Waals surface area contributed by atoms with E-state index < -0.39 is 11.9 Å². The molecule has 0 atom stereocenters. The van der Waals surface area contributed by atoms with Crippen LogP contribution in [0.3, 0.4) is 0 Å². The van der Waals surface area contributed by atoms with Crippen molar-refractivity contribution in [2.75, 3.05) is 0 Å². The summed E-state index contributed by atoms with van der Waals surface area (Å²) >= 11 is 0. The number of rotatable bonds is 0. The maximum atomic E-state index is 10.4. The minimum absolute atomic E-state index is 0.0735. The van der Waals surface area contributed by atoms with Crippen LogP contribution in [0.4, 0.5) is 0 Å². The first-order valence-corrected chi connectivity index (χ1v) is 2.59. The van der Waals surface area contributed by atoms with E-state index in [-0.39, 0.29) is 17.9 Å². The van der Waals surface area contributed by atoms with Crippen LogP contribution in [0, 0.1) is 0 Å². The van der Waals surface area contributed by atoms with Gasteiger partial charge in [0.2, 0.25) is 0 Å². The maximum absolute atomic E-state index is 10.4. The molecule has 0 aromatic heterocycles. The van der Waals surface area contributed by atoms with Crippen LogP contribution in [-0.4, -0.2) is 17.0 Å². The summed E-state index contributed by atoms with van der Waals surface area (Å²) in [4.78, 5) is 28.7. The monoisotopic (exact) mass is 144 g/mol. The van der Waals surface area contributed by atoms with Gasteiger partial charge >= 0.3 is 11.9 Å². The highest BCUT2D eigenvalue weighted by Gasteiger charge is 2.22. The second-order valence-corrected chi connectivity index (χ2v) is 1.66. The molecule has 0 aromatic rings. The van der Waals surface area contributed by atoms with Crippen molar-refractivity contribution in [1.29, 1.82) is 0 Å². The van der Waals surface area contributed by atoms with Gasteiger partial charge in [-0.1, -0.05) is 0 Å². The van der Waals surface area contributed by atoms with E-state index in [4.69, 9.17) is 5.53 Å². The first-order chi connectivity index (χ1) is 4.68. The molecule has 6 heteroatoms. The van der Waals surface area contributed by atoms with Gasteiger partial charge in [0.15, 0.2) is 0 Å². The van der Waals surface area contributed by atoms with Gasteiger partial charge in [-0.25, -0.2) is 9.59 Å². The van der Waals surface area contributed by atoms with Crippen molar-refractivity contribution < 1.29 is 24.3 Å². The lowest BCUT2D eigenvalue weighted by Gasteiger charge is -1.91. The average Bonchev–Trinajstić information content (AvgIpc) is 1.93. The van der Waals surface area contributed by atoms with Gasteiger partial charge in [0.25, 0.3) is 0 Å². The number of hydrogen-bond donors (Lipinski definition) is 0. The predicted molar refractivity (Wildman–Crippen MR) is 25.0 cm³/mol. The van der Waals surface area contributed by atoms with Crippen LogP contribution < -0.4 is 0 Å². The fourth-order valence-electron chi connectivity index (χ4n) is 0.488. The first kappa shape index (κ1) is 6.66. The zero-order valence-corrected chi connectivity index (χ0v) is 4.94. The Labute approximate surface area is 55.7 Å². The van der Waals surface area contributed by atoms with Gasteiger partial charge in [-0.15, -0.1) is 0 Å². The molecule has 0 N–H and O–H groups in total. The van der Waals surface area contributed by atoms with Crippen LogP contribution in [0.25, 0.3) is 5.53 Å². The lowest BCUT2D eigenvalue weighted by Crippen LogP contribution is -2.12. The van der Waals surface area contributed by atoms with E-state index in [0.29, 0.717) is 0 Å². The smallest absolute Gasteiger partial charge is 0.385 e. The molecule has 0 aliphatic carbocycles. The molecule has 0 aromatic carbocycles. The third kappa shape index (κ3) is 1.51. The molecular weight excluding hydrogens is 140 g/mol. The molecule has 1 fully saturated rings. The molecule has 1 rings (SSSR count). The normalized spacial score (nSPS) is 19.4. The topological polar surface area (TPSA) is 77.9 Å². The Hall–Kier alpha value is -1.46. The third-order valence-corrected chi connectivity index (χ3v) is 0.893. The molecule has 0 unspecified atom stereocenters. The van der Waals surface area contributed by atoms with Crippen molar-refractivity contribution in [1.82, 2.24) is 0 Å². The molecular formula is C4H4N2O4. The van der Waals surface area contributed by atoms with Crippen molar-refractivity contribution in [2.24, 2.45) is 0 Å². The molecule has 0 spiro atoms. The summed E-state index contributed by atoms with van der Waals surface area (Å²) in [5.74, 6) is -1.40. The van der Waals surface area contributed by atoms with E-state index >= 15 is 0 Å². The lowest BCUT2D eigenvalue weighted by molar-refractivity contribution is -0.944. The van der Waals surface area contributed by atoms with E-state index in [9.17, 15) is 9.59 Å². The number of nitrogens with zero attached hydrogens (tertiary/aromatic N) is 2. The summed E-state index contributed by atoms with van der Waals surface area (Å²) in [6.45, 7) is 0. The van der Waals surface area contributed by atoms with Crippen LogP contribution in [0.1, 0.15) is 12.8 Å². The lowest BCUT2D eigenvalue weighted by atomic mass is 10.3. The second-order valence-electron chi connectivity index (χ2n) is 1.66. The van der Waals surface area contributed by atoms with Gasteiger partial charge in [-0.3, -0.25) is 0 Å². The quantitative estimate of drug-likeness (QED) is 0.468. The SMILES string of the molecule is [N-]=[N+]1OC(=O)CCC(=O)O1. The van der Waals surface area contributed by atoms with Crippen molar-refractivity contribution in [3.63, 3.8) is 0 Å². The largest absolute Gasteiger partial charge is 0.390 e. The van der Waals surface area contributed by atoms with Crippen LogP contribution in [0.2, 0.25) is 0 Å². The first-order valence-electron chi connectivity index (χ1n) is 2.59. The highest BCUT2D eigenvalue weighted by Crippen LogP contribution is 2.02. The summed E-state index contributed by atoms with van der Waals surface area (Å²) in [5, 5.41) is -0.238. The fraction of sp³-hybridized carbons (Fsp3) is 0.500. The zero-order chi connectivity index (χ0) is 7.56. The predicted octanol–water partition coefficient (Wildman–Crippen LogP) is -0.269. The van der Waals surface area contributed by atoms with Gasteiger partial charge in [-0.2, -0.15) is 9.68 Å².